The minimum atomic E-state index is 0.0592. The summed E-state index contributed by atoms with van der Waals surface area (Å²) in [5, 5.41) is 20.4. The monoisotopic (exact) mass is 273 g/mol. The van der Waals surface area contributed by atoms with Crippen molar-refractivity contribution in [3.8, 4) is 0 Å². The third-order valence-corrected chi connectivity index (χ3v) is 2.90. The van der Waals surface area contributed by atoms with Crippen LogP contribution in [0.1, 0.15) is 12.6 Å². The van der Waals surface area contributed by atoms with Crippen LogP contribution in [0.3, 0.4) is 0 Å². The van der Waals surface area contributed by atoms with Gasteiger partial charge in [-0.25, -0.2) is 4.98 Å². The topological polar surface area (TPSA) is 93.2 Å². The second kappa shape index (κ2) is 5.25. The Kier molecular flexibility index (Phi) is 3.30. The van der Waals surface area contributed by atoms with E-state index < -0.39 is 0 Å². The van der Waals surface area contributed by atoms with E-state index in [1.165, 1.54) is 6.33 Å². The van der Waals surface area contributed by atoms with Crippen LogP contribution in [0.5, 0.6) is 0 Å². The fraction of sp³-hybridized carbons (Fsp3) is 0.333. The average molecular weight is 273 g/mol. The molecule has 0 amide bonds. The van der Waals surface area contributed by atoms with E-state index in [-0.39, 0.29) is 6.61 Å². The standard InChI is InChI=1S/C12H15N7O/c1-2-9-5-11(19-12(17-9)13-8-15-19)16-10-6-14-18(7-10)3-4-20/h5-8,16,20H,2-4H2,1H3. The van der Waals surface area contributed by atoms with Gasteiger partial charge in [0.05, 0.1) is 25.0 Å². The van der Waals surface area contributed by atoms with Gasteiger partial charge in [-0.05, 0) is 6.42 Å². The number of hydrogen-bond acceptors (Lipinski definition) is 6. The Labute approximate surface area is 115 Å². The van der Waals surface area contributed by atoms with Crippen molar-refractivity contribution in [2.75, 3.05) is 11.9 Å². The molecule has 8 nitrogen and oxygen atoms in total. The number of rotatable bonds is 5. The number of hydrogen-bond donors (Lipinski definition) is 2. The summed E-state index contributed by atoms with van der Waals surface area (Å²) >= 11 is 0. The molecule has 2 N–H and O–H groups in total. The van der Waals surface area contributed by atoms with Crippen LogP contribution in [0.15, 0.2) is 24.8 Å². The highest BCUT2D eigenvalue weighted by molar-refractivity contribution is 5.57. The maximum absolute atomic E-state index is 8.89. The highest BCUT2D eigenvalue weighted by Gasteiger charge is 2.08. The van der Waals surface area contributed by atoms with Crippen molar-refractivity contribution in [2.24, 2.45) is 0 Å². The molecule has 0 aliphatic rings. The number of anilines is 2. The van der Waals surface area contributed by atoms with E-state index >= 15 is 0 Å². The summed E-state index contributed by atoms with van der Waals surface area (Å²) in [7, 11) is 0. The van der Waals surface area contributed by atoms with E-state index in [9.17, 15) is 0 Å². The van der Waals surface area contributed by atoms with Crippen LogP contribution >= 0.6 is 0 Å². The van der Waals surface area contributed by atoms with Crippen LogP contribution < -0.4 is 5.32 Å². The molecule has 0 spiro atoms. The zero-order valence-corrected chi connectivity index (χ0v) is 11.1. The quantitative estimate of drug-likeness (QED) is 0.708. The van der Waals surface area contributed by atoms with Gasteiger partial charge in [0.15, 0.2) is 0 Å². The minimum absolute atomic E-state index is 0.0592. The van der Waals surface area contributed by atoms with Crippen molar-refractivity contribution < 1.29 is 5.11 Å². The van der Waals surface area contributed by atoms with Gasteiger partial charge in [-0.15, -0.1) is 0 Å². The van der Waals surface area contributed by atoms with Crippen LogP contribution in [-0.4, -0.2) is 41.1 Å². The van der Waals surface area contributed by atoms with Crippen LogP contribution in [0.2, 0.25) is 0 Å². The molecule has 0 aliphatic heterocycles. The molecule has 0 bridgehead atoms. The number of nitrogens with zero attached hydrogens (tertiary/aromatic N) is 6. The number of aliphatic hydroxyl groups excluding tert-OH is 1. The highest BCUT2D eigenvalue weighted by Crippen LogP contribution is 2.17. The van der Waals surface area contributed by atoms with Gasteiger partial charge in [0.1, 0.15) is 12.1 Å². The van der Waals surface area contributed by atoms with Crippen LogP contribution in [-0.2, 0) is 13.0 Å². The lowest BCUT2D eigenvalue weighted by Crippen LogP contribution is -2.04. The molecule has 8 heteroatoms. The second-order valence-electron chi connectivity index (χ2n) is 4.30. The molecule has 3 aromatic rings. The second-order valence-corrected chi connectivity index (χ2v) is 4.30. The van der Waals surface area contributed by atoms with E-state index in [4.69, 9.17) is 5.11 Å². The van der Waals surface area contributed by atoms with Gasteiger partial charge < -0.3 is 10.4 Å². The summed E-state index contributed by atoms with van der Waals surface area (Å²) in [4.78, 5) is 8.50. The summed E-state index contributed by atoms with van der Waals surface area (Å²) in [5.74, 6) is 1.35. The Morgan fingerprint density at radius 2 is 2.25 bits per heavy atom. The number of fused-ring (bicyclic) bond motifs is 1. The fourth-order valence-electron chi connectivity index (χ4n) is 1.93. The molecule has 0 aromatic carbocycles. The van der Waals surface area contributed by atoms with Crippen molar-refractivity contribution in [1.29, 1.82) is 0 Å². The zero-order chi connectivity index (χ0) is 13.9. The van der Waals surface area contributed by atoms with E-state index in [0.717, 1.165) is 23.6 Å². The Morgan fingerprint density at radius 3 is 3.05 bits per heavy atom. The third kappa shape index (κ3) is 2.32. The van der Waals surface area contributed by atoms with Crippen LogP contribution in [0.25, 0.3) is 5.78 Å². The van der Waals surface area contributed by atoms with Crippen LogP contribution in [0.4, 0.5) is 11.5 Å². The SMILES string of the molecule is CCc1cc(Nc2cnn(CCO)c2)n2ncnc2n1. The normalized spacial score (nSPS) is 11.1. The maximum atomic E-state index is 8.89. The molecule has 0 aliphatic carbocycles. The molecule has 0 unspecified atom stereocenters. The molecule has 3 heterocycles. The average Bonchev–Trinajstić information content (AvgIpc) is 3.08. The van der Waals surface area contributed by atoms with E-state index in [2.05, 4.69) is 25.5 Å². The van der Waals surface area contributed by atoms with Gasteiger partial charge in [-0.3, -0.25) is 4.68 Å². The molecular weight excluding hydrogens is 258 g/mol. The van der Waals surface area contributed by atoms with Crippen molar-refractivity contribution >= 4 is 17.3 Å². The number of aryl methyl sites for hydroxylation is 1. The molecule has 0 radical (unpaired) electrons. The first-order valence-electron chi connectivity index (χ1n) is 6.40. The summed E-state index contributed by atoms with van der Waals surface area (Å²) < 4.78 is 3.31. The first-order chi connectivity index (χ1) is 9.80. The van der Waals surface area contributed by atoms with Gasteiger partial charge >= 0.3 is 0 Å². The summed E-state index contributed by atoms with van der Waals surface area (Å²) in [6.45, 7) is 2.57. The van der Waals surface area contributed by atoms with Gasteiger partial charge in [0, 0.05) is 18.0 Å². The highest BCUT2D eigenvalue weighted by atomic mass is 16.3. The maximum Gasteiger partial charge on any atom is 0.254 e. The van der Waals surface area contributed by atoms with Gasteiger partial charge in [-0.1, -0.05) is 6.92 Å². The van der Waals surface area contributed by atoms with Gasteiger partial charge in [-0.2, -0.15) is 19.7 Å². The summed E-state index contributed by atoms with van der Waals surface area (Å²) in [5.41, 5.74) is 1.76. The molecule has 20 heavy (non-hydrogen) atoms. The van der Waals surface area contributed by atoms with Crippen molar-refractivity contribution in [1.82, 2.24) is 29.4 Å². The first kappa shape index (κ1) is 12.5. The first-order valence-corrected chi connectivity index (χ1v) is 6.40. The molecule has 0 atom stereocenters. The van der Waals surface area contributed by atoms with Crippen LogP contribution in [0, 0.1) is 0 Å². The lowest BCUT2D eigenvalue weighted by molar-refractivity contribution is 0.269. The lowest BCUT2D eigenvalue weighted by Gasteiger charge is -2.07. The Bertz CT molecular complexity index is 717. The fourth-order valence-corrected chi connectivity index (χ4v) is 1.93. The molecular formula is C12H15N7O. The van der Waals surface area contributed by atoms with E-state index in [1.54, 1.807) is 15.4 Å². The smallest absolute Gasteiger partial charge is 0.254 e. The molecule has 3 aromatic heterocycles. The molecule has 0 saturated carbocycles. The third-order valence-electron chi connectivity index (χ3n) is 2.90. The van der Waals surface area contributed by atoms with Crippen molar-refractivity contribution in [3.63, 3.8) is 0 Å². The molecule has 104 valence electrons. The van der Waals surface area contributed by atoms with E-state index in [0.29, 0.717) is 12.3 Å². The predicted octanol–water partition coefficient (Wildman–Crippen LogP) is 0.619. The minimum Gasteiger partial charge on any atom is -0.394 e. The molecule has 0 fully saturated rings. The predicted molar refractivity (Wildman–Crippen MR) is 72.8 cm³/mol. The number of nitrogens with one attached hydrogen (secondary N) is 1. The lowest BCUT2D eigenvalue weighted by atomic mass is 10.3. The number of aliphatic hydroxyl groups is 1. The van der Waals surface area contributed by atoms with Gasteiger partial charge in [0.2, 0.25) is 0 Å². The summed E-state index contributed by atoms with van der Waals surface area (Å²) in [6.07, 6.45) is 5.82. The number of aromatic nitrogens is 6. The van der Waals surface area contributed by atoms with Crippen molar-refractivity contribution in [2.45, 2.75) is 19.9 Å². The van der Waals surface area contributed by atoms with Gasteiger partial charge in [0.25, 0.3) is 5.78 Å². The largest absolute Gasteiger partial charge is 0.394 e. The molecule has 0 saturated heterocycles. The molecule has 3 rings (SSSR count). The van der Waals surface area contributed by atoms with E-state index in [1.807, 2.05) is 19.2 Å². The Hall–Kier alpha value is -2.48. The summed E-state index contributed by atoms with van der Waals surface area (Å²) in [6, 6.07) is 1.94. The zero-order valence-electron chi connectivity index (χ0n) is 11.1. The Morgan fingerprint density at radius 1 is 1.35 bits per heavy atom. The Balaban J connectivity index is 1.94. The van der Waals surface area contributed by atoms with Crippen molar-refractivity contribution in [3.05, 3.63) is 30.5 Å².